The molecule has 2 aliphatic carbocycles. The Balaban J connectivity index is 1.74. The zero-order valence-corrected chi connectivity index (χ0v) is 13.5. The van der Waals surface area contributed by atoms with Crippen molar-refractivity contribution in [2.24, 2.45) is 5.41 Å². The van der Waals surface area contributed by atoms with E-state index in [4.69, 9.17) is 4.74 Å². The summed E-state index contributed by atoms with van der Waals surface area (Å²) in [5.74, 6) is 0. The summed E-state index contributed by atoms with van der Waals surface area (Å²) < 4.78 is 6.21. The molecule has 2 aliphatic rings. The van der Waals surface area contributed by atoms with Gasteiger partial charge in [-0.25, -0.2) is 0 Å². The predicted molar refractivity (Wildman–Crippen MR) is 81.3 cm³/mol. The first kappa shape index (κ1) is 14.8. The van der Waals surface area contributed by atoms with Crippen LogP contribution in [0.4, 0.5) is 0 Å². The topological polar surface area (TPSA) is 9.23 Å². The van der Waals surface area contributed by atoms with Gasteiger partial charge in [-0.3, -0.25) is 0 Å². The van der Waals surface area contributed by atoms with Crippen molar-refractivity contribution < 1.29 is 4.74 Å². The van der Waals surface area contributed by atoms with Gasteiger partial charge < -0.3 is 4.74 Å². The van der Waals surface area contributed by atoms with E-state index < -0.39 is 0 Å². The van der Waals surface area contributed by atoms with Crippen molar-refractivity contribution in [1.82, 2.24) is 0 Å². The Bertz CT molecular complexity index is 233. The third kappa shape index (κ3) is 3.30. The SMILES string of the molecule is CCCCCCOC1CC(Br)C12CCCCCC2. The minimum Gasteiger partial charge on any atom is -0.378 e. The summed E-state index contributed by atoms with van der Waals surface area (Å²) in [7, 11) is 0. The van der Waals surface area contributed by atoms with Crippen molar-refractivity contribution in [2.45, 2.75) is 88.5 Å². The van der Waals surface area contributed by atoms with Crippen LogP contribution in [-0.4, -0.2) is 17.5 Å². The summed E-state index contributed by atoms with van der Waals surface area (Å²) in [6.45, 7) is 3.26. The van der Waals surface area contributed by atoms with E-state index in [1.165, 1.54) is 70.6 Å². The maximum Gasteiger partial charge on any atom is 0.0652 e. The molecule has 1 spiro atoms. The van der Waals surface area contributed by atoms with Crippen LogP contribution >= 0.6 is 15.9 Å². The average molecular weight is 317 g/mol. The summed E-state index contributed by atoms with van der Waals surface area (Å²) in [5.41, 5.74) is 0.501. The second-order valence-corrected chi connectivity index (χ2v) is 7.38. The van der Waals surface area contributed by atoms with Crippen LogP contribution in [0.5, 0.6) is 0 Å². The lowest BCUT2D eigenvalue weighted by atomic mass is 9.61. The highest BCUT2D eigenvalue weighted by atomic mass is 79.9. The van der Waals surface area contributed by atoms with Gasteiger partial charge >= 0.3 is 0 Å². The number of hydrogen-bond acceptors (Lipinski definition) is 1. The van der Waals surface area contributed by atoms with E-state index in [0.717, 1.165) is 11.4 Å². The van der Waals surface area contributed by atoms with Crippen LogP contribution in [0.25, 0.3) is 0 Å². The van der Waals surface area contributed by atoms with E-state index in [2.05, 4.69) is 22.9 Å². The second kappa shape index (κ2) is 7.28. The van der Waals surface area contributed by atoms with E-state index in [-0.39, 0.29) is 0 Å². The van der Waals surface area contributed by atoms with Gasteiger partial charge in [-0.1, -0.05) is 67.8 Å². The maximum atomic E-state index is 6.21. The molecule has 2 rings (SSSR count). The van der Waals surface area contributed by atoms with E-state index in [1.54, 1.807) is 0 Å². The third-order valence-corrected chi connectivity index (χ3v) is 6.32. The zero-order valence-electron chi connectivity index (χ0n) is 11.9. The van der Waals surface area contributed by atoms with Gasteiger partial charge in [-0.15, -0.1) is 0 Å². The standard InChI is InChI=1S/C16H29BrO/c1-2-3-4-9-12-18-15-13-14(17)16(15)10-7-5-6-8-11-16/h14-15H,2-13H2,1H3. The minimum atomic E-state index is 0.501. The highest BCUT2D eigenvalue weighted by molar-refractivity contribution is 9.09. The number of halogens is 1. The fourth-order valence-electron chi connectivity index (χ4n) is 3.71. The number of rotatable bonds is 6. The van der Waals surface area contributed by atoms with Crippen LogP contribution in [0, 0.1) is 5.41 Å². The van der Waals surface area contributed by atoms with Gasteiger partial charge in [0.1, 0.15) is 0 Å². The second-order valence-electron chi connectivity index (χ2n) is 6.27. The summed E-state index contributed by atoms with van der Waals surface area (Å²) >= 11 is 3.91. The van der Waals surface area contributed by atoms with Crippen LogP contribution < -0.4 is 0 Å². The lowest BCUT2D eigenvalue weighted by Gasteiger charge is -2.53. The van der Waals surface area contributed by atoms with Gasteiger partial charge in [-0.2, -0.15) is 0 Å². The smallest absolute Gasteiger partial charge is 0.0652 e. The summed E-state index contributed by atoms with van der Waals surface area (Å²) in [4.78, 5) is 0.726. The predicted octanol–water partition coefficient (Wildman–Crippen LogP) is 5.46. The van der Waals surface area contributed by atoms with Crippen molar-refractivity contribution in [2.75, 3.05) is 6.61 Å². The maximum absolute atomic E-state index is 6.21. The lowest BCUT2D eigenvalue weighted by molar-refractivity contribution is -0.112. The van der Waals surface area contributed by atoms with Crippen molar-refractivity contribution >= 4 is 15.9 Å². The molecule has 0 aromatic heterocycles. The van der Waals surface area contributed by atoms with Crippen LogP contribution in [0.1, 0.15) is 77.6 Å². The first-order chi connectivity index (χ1) is 8.79. The third-order valence-electron chi connectivity index (χ3n) is 5.04. The van der Waals surface area contributed by atoms with Gasteiger partial charge in [0.05, 0.1) is 6.10 Å². The molecule has 2 fully saturated rings. The van der Waals surface area contributed by atoms with Crippen molar-refractivity contribution in [3.05, 3.63) is 0 Å². The van der Waals surface area contributed by atoms with Gasteiger partial charge in [0.2, 0.25) is 0 Å². The molecule has 2 heteroatoms. The van der Waals surface area contributed by atoms with Crippen LogP contribution in [-0.2, 0) is 4.74 Å². The largest absolute Gasteiger partial charge is 0.378 e. The summed E-state index contributed by atoms with van der Waals surface area (Å²) in [5, 5.41) is 0. The molecule has 0 aromatic carbocycles. The fraction of sp³-hybridized carbons (Fsp3) is 1.00. The molecule has 0 amide bonds. The molecule has 0 aliphatic heterocycles. The fourth-order valence-corrected chi connectivity index (χ4v) is 4.80. The normalized spacial score (nSPS) is 31.0. The van der Waals surface area contributed by atoms with E-state index in [1.807, 2.05) is 0 Å². The summed E-state index contributed by atoms with van der Waals surface area (Å²) in [6, 6.07) is 0. The van der Waals surface area contributed by atoms with Crippen molar-refractivity contribution in [1.29, 1.82) is 0 Å². The molecule has 2 atom stereocenters. The quantitative estimate of drug-likeness (QED) is 0.467. The molecule has 106 valence electrons. The van der Waals surface area contributed by atoms with Gasteiger partial charge in [0, 0.05) is 16.8 Å². The first-order valence-electron chi connectivity index (χ1n) is 8.05. The van der Waals surface area contributed by atoms with Crippen LogP contribution in [0.2, 0.25) is 0 Å². The molecule has 2 saturated carbocycles. The monoisotopic (exact) mass is 316 g/mol. The van der Waals surface area contributed by atoms with Gasteiger partial charge in [0.15, 0.2) is 0 Å². The molecule has 0 aromatic rings. The minimum absolute atomic E-state index is 0.501. The molecule has 18 heavy (non-hydrogen) atoms. The molecule has 0 N–H and O–H groups in total. The first-order valence-corrected chi connectivity index (χ1v) is 8.97. The van der Waals surface area contributed by atoms with Gasteiger partial charge in [0.25, 0.3) is 0 Å². The number of unbranched alkanes of at least 4 members (excludes halogenated alkanes) is 3. The molecule has 0 bridgehead atoms. The average Bonchev–Trinajstić information content (AvgIpc) is 2.65. The number of alkyl halides is 1. The Hall–Kier alpha value is 0.440. The van der Waals surface area contributed by atoms with E-state index in [0.29, 0.717) is 11.5 Å². The summed E-state index contributed by atoms with van der Waals surface area (Å²) in [6.07, 6.45) is 15.6. The highest BCUT2D eigenvalue weighted by Gasteiger charge is 2.53. The molecule has 0 heterocycles. The molecule has 2 unspecified atom stereocenters. The Labute approximate surface area is 121 Å². The molecular formula is C16H29BrO. The number of hydrogen-bond donors (Lipinski definition) is 0. The zero-order chi connectivity index (χ0) is 12.8. The molecule has 0 saturated heterocycles. The van der Waals surface area contributed by atoms with E-state index in [9.17, 15) is 0 Å². The Morgan fingerprint density at radius 2 is 1.78 bits per heavy atom. The molecular weight excluding hydrogens is 288 g/mol. The van der Waals surface area contributed by atoms with Crippen LogP contribution in [0.15, 0.2) is 0 Å². The molecule has 1 nitrogen and oxygen atoms in total. The van der Waals surface area contributed by atoms with Crippen molar-refractivity contribution in [3.8, 4) is 0 Å². The number of ether oxygens (including phenoxy) is 1. The Kier molecular flexibility index (Phi) is 6.00. The highest BCUT2D eigenvalue weighted by Crippen LogP contribution is 2.55. The lowest BCUT2D eigenvalue weighted by Crippen LogP contribution is -2.55. The van der Waals surface area contributed by atoms with E-state index >= 15 is 0 Å². The van der Waals surface area contributed by atoms with Crippen LogP contribution in [0.3, 0.4) is 0 Å². The van der Waals surface area contributed by atoms with Crippen molar-refractivity contribution in [3.63, 3.8) is 0 Å². The Morgan fingerprint density at radius 1 is 1.06 bits per heavy atom. The molecule has 0 radical (unpaired) electrons. The Morgan fingerprint density at radius 3 is 2.39 bits per heavy atom. The van der Waals surface area contributed by atoms with Gasteiger partial charge in [-0.05, 0) is 25.7 Å².